The lowest BCUT2D eigenvalue weighted by atomic mass is 10.2. The molecule has 2 rings (SSSR count). The molecule has 0 aliphatic heterocycles. The molecule has 13 heavy (non-hydrogen) atoms. The van der Waals surface area contributed by atoms with E-state index in [2.05, 4.69) is 22.3 Å². The second kappa shape index (κ2) is 3.14. The topological polar surface area (TPSA) is 42.2 Å². The van der Waals surface area contributed by atoms with Gasteiger partial charge in [-0.2, -0.15) is 5.10 Å². The van der Waals surface area contributed by atoms with E-state index < -0.39 is 0 Å². The molecule has 0 spiro atoms. The fourth-order valence-corrected chi connectivity index (χ4v) is 1.31. The maximum absolute atomic E-state index is 4.27. The summed E-state index contributed by atoms with van der Waals surface area (Å²) in [6, 6.07) is 2.15. The number of nitrogens with zero attached hydrogens (tertiary/aromatic N) is 3. The molecule has 1 unspecified atom stereocenters. The van der Waals surface area contributed by atoms with E-state index in [9.17, 15) is 0 Å². The number of hydrogen-bond acceptors (Lipinski definition) is 3. The molecule has 4 heteroatoms. The number of fused-ring (bicyclic) bond motifs is 1. The minimum atomic E-state index is 0.285. The van der Waals surface area contributed by atoms with Gasteiger partial charge < -0.3 is 5.32 Å². The zero-order chi connectivity index (χ0) is 9.26. The van der Waals surface area contributed by atoms with Crippen molar-refractivity contribution in [1.82, 2.24) is 19.9 Å². The Morgan fingerprint density at radius 3 is 3.15 bits per heavy atom. The summed E-state index contributed by atoms with van der Waals surface area (Å²) >= 11 is 0. The van der Waals surface area contributed by atoms with Gasteiger partial charge in [0.2, 0.25) is 0 Å². The number of hydrogen-bond donors (Lipinski definition) is 1. The first-order valence-corrected chi connectivity index (χ1v) is 4.28. The van der Waals surface area contributed by atoms with Crippen molar-refractivity contribution in [2.24, 2.45) is 0 Å². The van der Waals surface area contributed by atoms with Crippen LogP contribution >= 0.6 is 0 Å². The first-order chi connectivity index (χ1) is 6.33. The normalized spacial score (nSPS) is 13.4. The molecule has 0 aromatic carbocycles. The largest absolute Gasteiger partial charge is 0.313 e. The van der Waals surface area contributed by atoms with E-state index in [1.54, 1.807) is 10.7 Å². The lowest BCUT2D eigenvalue weighted by molar-refractivity contribution is 0.655. The molecule has 0 saturated heterocycles. The van der Waals surface area contributed by atoms with Crippen molar-refractivity contribution in [3.8, 4) is 0 Å². The van der Waals surface area contributed by atoms with Crippen LogP contribution in [0.2, 0.25) is 0 Å². The van der Waals surface area contributed by atoms with Crippen molar-refractivity contribution in [2.75, 3.05) is 7.05 Å². The minimum Gasteiger partial charge on any atom is -0.313 e. The smallest absolute Gasteiger partial charge is 0.159 e. The van der Waals surface area contributed by atoms with Gasteiger partial charge in [-0.1, -0.05) is 0 Å². The van der Waals surface area contributed by atoms with Crippen molar-refractivity contribution < 1.29 is 0 Å². The summed E-state index contributed by atoms with van der Waals surface area (Å²) in [5.41, 5.74) is 2.05. The van der Waals surface area contributed by atoms with E-state index in [1.807, 2.05) is 25.5 Å². The molecule has 1 N–H and O–H groups in total. The van der Waals surface area contributed by atoms with Crippen LogP contribution in [-0.2, 0) is 0 Å². The molecule has 0 bridgehead atoms. The molecular formula is C9H12N4. The van der Waals surface area contributed by atoms with Gasteiger partial charge in [-0.25, -0.2) is 9.50 Å². The van der Waals surface area contributed by atoms with Gasteiger partial charge >= 0.3 is 0 Å². The van der Waals surface area contributed by atoms with Crippen molar-refractivity contribution >= 4 is 5.65 Å². The van der Waals surface area contributed by atoms with Gasteiger partial charge in [0.25, 0.3) is 0 Å². The maximum atomic E-state index is 4.27. The van der Waals surface area contributed by atoms with Gasteiger partial charge in [0.1, 0.15) is 0 Å². The van der Waals surface area contributed by atoms with Crippen LogP contribution < -0.4 is 5.32 Å². The molecule has 4 nitrogen and oxygen atoms in total. The highest BCUT2D eigenvalue weighted by Crippen LogP contribution is 2.15. The molecule has 0 saturated carbocycles. The van der Waals surface area contributed by atoms with Crippen LogP contribution in [-0.4, -0.2) is 21.6 Å². The Bertz CT molecular complexity index is 407. The monoisotopic (exact) mass is 176 g/mol. The zero-order valence-electron chi connectivity index (χ0n) is 7.73. The van der Waals surface area contributed by atoms with Crippen molar-refractivity contribution in [3.63, 3.8) is 0 Å². The molecule has 0 radical (unpaired) electrons. The molecule has 2 aromatic rings. The van der Waals surface area contributed by atoms with E-state index in [0.717, 1.165) is 11.2 Å². The highest BCUT2D eigenvalue weighted by atomic mass is 15.2. The molecule has 0 aliphatic carbocycles. The summed E-state index contributed by atoms with van der Waals surface area (Å²) < 4.78 is 1.78. The Hall–Kier alpha value is -1.42. The van der Waals surface area contributed by atoms with E-state index >= 15 is 0 Å². The highest BCUT2D eigenvalue weighted by molar-refractivity contribution is 5.47. The SMILES string of the molecule is CNC(C)c1cnn2cccnc12. The van der Waals surface area contributed by atoms with E-state index in [0.29, 0.717) is 0 Å². The Balaban J connectivity index is 2.57. The Kier molecular flexibility index (Phi) is 1.98. The van der Waals surface area contributed by atoms with Gasteiger partial charge in [-0.3, -0.25) is 0 Å². The van der Waals surface area contributed by atoms with E-state index in [1.165, 1.54) is 0 Å². The average molecular weight is 176 g/mol. The van der Waals surface area contributed by atoms with Gasteiger partial charge in [-0.05, 0) is 20.0 Å². The van der Waals surface area contributed by atoms with E-state index in [-0.39, 0.29) is 6.04 Å². The summed E-state index contributed by atoms with van der Waals surface area (Å²) in [6.07, 6.45) is 5.53. The van der Waals surface area contributed by atoms with Crippen LogP contribution in [0.5, 0.6) is 0 Å². The van der Waals surface area contributed by atoms with E-state index in [4.69, 9.17) is 0 Å². The minimum absolute atomic E-state index is 0.285. The molecule has 0 amide bonds. The molecule has 0 fully saturated rings. The third kappa shape index (κ3) is 1.29. The fraction of sp³-hybridized carbons (Fsp3) is 0.333. The zero-order valence-corrected chi connectivity index (χ0v) is 7.73. The Morgan fingerprint density at radius 1 is 1.54 bits per heavy atom. The predicted octanol–water partition coefficient (Wildman–Crippen LogP) is 1.01. The second-order valence-corrected chi connectivity index (χ2v) is 3.00. The second-order valence-electron chi connectivity index (χ2n) is 3.00. The highest BCUT2D eigenvalue weighted by Gasteiger charge is 2.09. The van der Waals surface area contributed by atoms with Crippen LogP contribution in [0.15, 0.2) is 24.7 Å². The van der Waals surface area contributed by atoms with Gasteiger partial charge in [0.05, 0.1) is 6.20 Å². The molecular weight excluding hydrogens is 164 g/mol. The van der Waals surface area contributed by atoms with Gasteiger partial charge in [0, 0.05) is 24.0 Å². The maximum Gasteiger partial charge on any atom is 0.159 e. The first kappa shape index (κ1) is 8.19. The summed E-state index contributed by atoms with van der Waals surface area (Å²) in [4.78, 5) is 4.27. The third-order valence-electron chi connectivity index (χ3n) is 2.21. The summed E-state index contributed by atoms with van der Waals surface area (Å²) in [6.45, 7) is 2.09. The average Bonchev–Trinajstić information content (AvgIpc) is 2.60. The standard InChI is InChI=1S/C9H12N4/c1-7(10-2)8-6-12-13-5-3-4-11-9(8)13/h3-7,10H,1-2H3. The van der Waals surface area contributed by atoms with Crippen LogP contribution in [0.4, 0.5) is 0 Å². The third-order valence-corrected chi connectivity index (χ3v) is 2.21. The summed E-state index contributed by atoms with van der Waals surface area (Å²) in [5.74, 6) is 0. The summed E-state index contributed by atoms with van der Waals surface area (Å²) in [7, 11) is 1.93. The molecule has 68 valence electrons. The quantitative estimate of drug-likeness (QED) is 0.742. The van der Waals surface area contributed by atoms with Crippen LogP contribution in [0, 0.1) is 0 Å². The van der Waals surface area contributed by atoms with Gasteiger partial charge in [-0.15, -0.1) is 0 Å². The van der Waals surface area contributed by atoms with Crippen LogP contribution in [0.1, 0.15) is 18.5 Å². The first-order valence-electron chi connectivity index (χ1n) is 4.28. The molecule has 2 aromatic heterocycles. The molecule has 2 heterocycles. The lowest BCUT2D eigenvalue weighted by Gasteiger charge is -2.06. The number of nitrogens with one attached hydrogen (secondary N) is 1. The Morgan fingerprint density at radius 2 is 2.38 bits per heavy atom. The van der Waals surface area contributed by atoms with Crippen molar-refractivity contribution in [2.45, 2.75) is 13.0 Å². The van der Waals surface area contributed by atoms with Crippen LogP contribution in [0.3, 0.4) is 0 Å². The van der Waals surface area contributed by atoms with Crippen LogP contribution in [0.25, 0.3) is 5.65 Å². The number of aromatic nitrogens is 3. The lowest BCUT2D eigenvalue weighted by Crippen LogP contribution is -2.12. The van der Waals surface area contributed by atoms with Crippen molar-refractivity contribution in [1.29, 1.82) is 0 Å². The predicted molar refractivity (Wildman–Crippen MR) is 50.5 cm³/mol. The van der Waals surface area contributed by atoms with Gasteiger partial charge in [0.15, 0.2) is 5.65 Å². The summed E-state index contributed by atoms with van der Waals surface area (Å²) in [5, 5.41) is 7.37. The molecule has 0 aliphatic rings. The Labute approximate surface area is 76.6 Å². The van der Waals surface area contributed by atoms with Crippen molar-refractivity contribution in [3.05, 3.63) is 30.2 Å². The molecule has 1 atom stereocenters. The fourth-order valence-electron chi connectivity index (χ4n) is 1.31. The number of rotatable bonds is 2.